The molecule has 0 radical (unpaired) electrons. The number of thiazole rings is 1. The summed E-state index contributed by atoms with van der Waals surface area (Å²) in [5.41, 5.74) is 1.48. The smallest absolute Gasteiger partial charge is 0.293 e. The molecule has 0 aliphatic carbocycles. The number of hydrogen-bond donors (Lipinski definition) is 0. The van der Waals surface area contributed by atoms with Gasteiger partial charge in [-0.25, -0.2) is 4.98 Å². The Morgan fingerprint density at radius 1 is 1.14 bits per heavy atom. The number of amides is 1. The van der Waals surface area contributed by atoms with Crippen molar-refractivity contribution in [3.8, 4) is 0 Å². The molecular formula is C26H30ClN5O4S. The highest BCUT2D eigenvalue weighted by molar-refractivity contribution is 7.22. The lowest BCUT2D eigenvalue weighted by Crippen LogP contribution is -2.39. The van der Waals surface area contributed by atoms with Crippen LogP contribution < -0.4 is 9.80 Å². The van der Waals surface area contributed by atoms with Crippen LogP contribution in [0, 0.1) is 10.1 Å². The Labute approximate surface area is 224 Å². The van der Waals surface area contributed by atoms with Crippen LogP contribution in [0.3, 0.4) is 0 Å². The van der Waals surface area contributed by atoms with Gasteiger partial charge in [0.05, 0.1) is 27.9 Å². The Morgan fingerprint density at radius 2 is 1.92 bits per heavy atom. The highest BCUT2D eigenvalue weighted by Gasteiger charge is 2.27. The van der Waals surface area contributed by atoms with E-state index < -0.39 is 0 Å². The van der Waals surface area contributed by atoms with Gasteiger partial charge in [-0.2, -0.15) is 0 Å². The highest BCUT2D eigenvalue weighted by atomic mass is 35.5. The minimum atomic E-state index is -0.388. The van der Waals surface area contributed by atoms with Crippen LogP contribution >= 0.6 is 22.9 Å². The van der Waals surface area contributed by atoms with Crippen molar-refractivity contribution in [3.05, 3.63) is 57.1 Å². The Hall–Kier alpha value is -2.79. The number of piperidine rings is 1. The van der Waals surface area contributed by atoms with Crippen LogP contribution in [-0.4, -0.2) is 73.2 Å². The number of fused-ring (bicyclic) bond motifs is 1. The molecule has 5 rings (SSSR count). The first-order chi connectivity index (χ1) is 18.0. The van der Waals surface area contributed by atoms with Gasteiger partial charge in [-0.1, -0.05) is 29.0 Å². The van der Waals surface area contributed by atoms with Crippen LogP contribution in [0.15, 0.2) is 36.4 Å². The van der Waals surface area contributed by atoms with Crippen molar-refractivity contribution in [2.75, 3.05) is 62.3 Å². The van der Waals surface area contributed by atoms with Crippen LogP contribution in [0.5, 0.6) is 0 Å². The number of hydrogen-bond acceptors (Lipinski definition) is 8. The maximum atomic E-state index is 13.8. The maximum Gasteiger partial charge on any atom is 0.293 e. The summed E-state index contributed by atoms with van der Waals surface area (Å²) in [7, 11) is 0. The molecule has 0 unspecified atom stereocenters. The number of aromatic nitrogens is 1. The SMILES string of the molecule is O=C(c1ccc(N2CCCCC2)c([N+](=O)[O-])c1)N(CCCN1CCOCC1)c1nc2c(Cl)cccc2s1. The number of anilines is 2. The van der Waals surface area contributed by atoms with Crippen LogP contribution in [0.1, 0.15) is 36.0 Å². The number of halogens is 1. The van der Waals surface area contributed by atoms with E-state index >= 15 is 0 Å². The molecule has 2 saturated heterocycles. The lowest BCUT2D eigenvalue weighted by atomic mass is 10.1. The Bertz CT molecular complexity index is 1270. The molecule has 9 nitrogen and oxygen atoms in total. The number of benzene rings is 2. The molecule has 1 amide bonds. The number of nitro groups is 1. The van der Waals surface area contributed by atoms with Gasteiger partial charge >= 0.3 is 0 Å². The number of nitrogens with zero attached hydrogens (tertiary/aromatic N) is 5. The minimum absolute atomic E-state index is 0.0339. The summed E-state index contributed by atoms with van der Waals surface area (Å²) >= 11 is 7.77. The maximum absolute atomic E-state index is 13.8. The Morgan fingerprint density at radius 3 is 2.65 bits per heavy atom. The van der Waals surface area contributed by atoms with Gasteiger partial charge < -0.3 is 9.64 Å². The minimum Gasteiger partial charge on any atom is -0.379 e. The number of para-hydroxylation sites is 1. The van der Waals surface area contributed by atoms with Crippen molar-refractivity contribution >= 4 is 55.6 Å². The summed E-state index contributed by atoms with van der Waals surface area (Å²) in [5, 5.41) is 13.1. The molecule has 11 heteroatoms. The number of carbonyl (C=O) groups is 1. The molecule has 2 aromatic carbocycles. The van der Waals surface area contributed by atoms with Crippen molar-refractivity contribution < 1.29 is 14.5 Å². The summed E-state index contributed by atoms with van der Waals surface area (Å²) in [6, 6.07) is 10.4. The predicted octanol–water partition coefficient (Wildman–Crippen LogP) is 5.22. The number of nitro benzene ring substituents is 1. The number of carbonyl (C=O) groups excluding carboxylic acids is 1. The third kappa shape index (κ3) is 5.87. The molecular weight excluding hydrogens is 514 g/mol. The van der Waals surface area contributed by atoms with Crippen molar-refractivity contribution in [1.82, 2.24) is 9.88 Å². The molecule has 2 fully saturated rings. The van der Waals surface area contributed by atoms with E-state index in [2.05, 4.69) is 9.88 Å². The number of rotatable bonds is 8. The van der Waals surface area contributed by atoms with E-state index in [0.29, 0.717) is 41.1 Å². The molecule has 0 bridgehead atoms. The standard InChI is InChI=1S/C26H30ClN5O4S/c27-20-6-4-7-23-24(20)28-26(37-23)31(13-5-10-29-14-16-36-17-15-29)25(33)19-8-9-21(22(18-19)32(34)35)30-11-2-1-3-12-30/h4,6-9,18H,1-3,5,10-17H2. The summed E-state index contributed by atoms with van der Waals surface area (Å²) in [4.78, 5) is 36.1. The van der Waals surface area contributed by atoms with E-state index in [0.717, 1.165) is 63.1 Å². The fraction of sp³-hybridized carbons (Fsp3) is 0.462. The fourth-order valence-electron chi connectivity index (χ4n) is 4.94. The zero-order valence-electron chi connectivity index (χ0n) is 20.6. The quantitative estimate of drug-likeness (QED) is 0.284. The normalized spacial score (nSPS) is 16.7. The number of ether oxygens (including phenoxy) is 1. The van der Waals surface area contributed by atoms with Gasteiger partial charge in [-0.3, -0.25) is 24.7 Å². The monoisotopic (exact) mass is 543 g/mol. The summed E-state index contributed by atoms with van der Waals surface area (Å²) in [5.74, 6) is -0.301. The molecule has 0 N–H and O–H groups in total. The van der Waals surface area contributed by atoms with E-state index in [9.17, 15) is 14.9 Å². The van der Waals surface area contributed by atoms with E-state index in [4.69, 9.17) is 16.3 Å². The zero-order chi connectivity index (χ0) is 25.8. The lowest BCUT2D eigenvalue weighted by Gasteiger charge is -2.29. The lowest BCUT2D eigenvalue weighted by molar-refractivity contribution is -0.384. The van der Waals surface area contributed by atoms with E-state index in [-0.39, 0.29) is 22.1 Å². The summed E-state index contributed by atoms with van der Waals surface area (Å²) in [6.45, 7) is 6.01. The topological polar surface area (TPSA) is 92.0 Å². The Balaban J connectivity index is 1.44. The van der Waals surface area contributed by atoms with E-state index in [1.807, 2.05) is 17.0 Å². The van der Waals surface area contributed by atoms with Gasteiger partial charge in [0.1, 0.15) is 11.2 Å². The third-order valence-electron chi connectivity index (χ3n) is 6.91. The Kier molecular flexibility index (Phi) is 8.19. The third-order valence-corrected chi connectivity index (χ3v) is 8.26. The molecule has 3 aromatic rings. The van der Waals surface area contributed by atoms with Crippen LogP contribution in [0.25, 0.3) is 10.2 Å². The molecule has 0 spiro atoms. The fourth-order valence-corrected chi connectivity index (χ4v) is 6.23. The van der Waals surface area contributed by atoms with Gasteiger partial charge in [-0.05, 0) is 49.9 Å². The van der Waals surface area contributed by atoms with Gasteiger partial charge in [0.2, 0.25) is 0 Å². The summed E-state index contributed by atoms with van der Waals surface area (Å²) in [6.07, 6.45) is 3.89. The van der Waals surface area contributed by atoms with Gasteiger partial charge in [0.25, 0.3) is 11.6 Å². The van der Waals surface area contributed by atoms with Crippen LogP contribution in [0.4, 0.5) is 16.5 Å². The van der Waals surface area contributed by atoms with Crippen LogP contribution in [0.2, 0.25) is 5.02 Å². The number of morpholine rings is 1. The first-order valence-electron chi connectivity index (χ1n) is 12.7. The van der Waals surface area contributed by atoms with Crippen molar-refractivity contribution in [2.24, 2.45) is 0 Å². The van der Waals surface area contributed by atoms with Gasteiger partial charge in [0.15, 0.2) is 5.13 Å². The predicted molar refractivity (Wildman–Crippen MR) is 147 cm³/mol. The molecule has 196 valence electrons. The molecule has 2 aliphatic rings. The highest BCUT2D eigenvalue weighted by Crippen LogP contribution is 2.35. The van der Waals surface area contributed by atoms with Crippen molar-refractivity contribution in [1.29, 1.82) is 0 Å². The molecule has 2 aliphatic heterocycles. The molecule has 1 aromatic heterocycles. The largest absolute Gasteiger partial charge is 0.379 e. The average molecular weight is 544 g/mol. The average Bonchev–Trinajstić information content (AvgIpc) is 3.37. The molecule has 3 heterocycles. The second kappa shape index (κ2) is 11.7. The summed E-state index contributed by atoms with van der Waals surface area (Å²) < 4.78 is 6.32. The van der Waals surface area contributed by atoms with E-state index in [1.54, 1.807) is 23.1 Å². The van der Waals surface area contributed by atoms with E-state index in [1.165, 1.54) is 17.4 Å². The second-order valence-electron chi connectivity index (χ2n) is 9.36. The molecule has 0 atom stereocenters. The van der Waals surface area contributed by atoms with Crippen molar-refractivity contribution in [3.63, 3.8) is 0 Å². The first kappa shape index (κ1) is 25.8. The molecule has 0 saturated carbocycles. The first-order valence-corrected chi connectivity index (χ1v) is 13.9. The molecule has 37 heavy (non-hydrogen) atoms. The van der Waals surface area contributed by atoms with Gasteiger partial charge in [-0.15, -0.1) is 0 Å². The van der Waals surface area contributed by atoms with Crippen molar-refractivity contribution in [2.45, 2.75) is 25.7 Å². The second-order valence-corrected chi connectivity index (χ2v) is 10.8. The van der Waals surface area contributed by atoms with Crippen LogP contribution in [-0.2, 0) is 4.74 Å². The van der Waals surface area contributed by atoms with Gasteiger partial charge in [0, 0.05) is 50.9 Å². The zero-order valence-corrected chi connectivity index (χ0v) is 22.2.